The highest BCUT2D eigenvalue weighted by Crippen LogP contribution is 2.53. The lowest BCUT2D eigenvalue weighted by molar-refractivity contribution is 0.494. The van der Waals surface area contributed by atoms with Gasteiger partial charge in [-0.05, 0) is 144 Å². The summed E-state index contributed by atoms with van der Waals surface area (Å²) < 4.78 is 17.7. The van der Waals surface area contributed by atoms with Crippen LogP contribution in [0.15, 0.2) is 81.4 Å². The Bertz CT molecular complexity index is 1010. The zero-order valence-corrected chi connectivity index (χ0v) is 24.9. The maximum atomic E-state index is 6.34. The summed E-state index contributed by atoms with van der Waals surface area (Å²) in [5, 5.41) is 0.807. The average molecular weight is 800 g/mol. The average Bonchev–Trinajstić information content (AvgIpc) is 2.70. The summed E-state index contributed by atoms with van der Waals surface area (Å²) in [6.07, 6.45) is 0. The lowest BCUT2D eigenvalue weighted by atomic mass is 10.3. The van der Waals surface area contributed by atoms with E-state index in [-0.39, 0.29) is 0 Å². The number of hydrogen-bond acceptors (Lipinski definition) is 3. The van der Waals surface area contributed by atoms with Crippen molar-refractivity contribution in [3.63, 3.8) is 0 Å². The topological polar surface area (TPSA) is 18.5 Å². The Kier molecular flexibility index (Phi) is 8.33. The molecule has 10 heteroatoms. The van der Waals surface area contributed by atoms with Crippen molar-refractivity contribution in [2.24, 2.45) is 0 Å². The van der Waals surface area contributed by atoms with Crippen LogP contribution in [-0.4, -0.2) is 0 Å². The van der Waals surface area contributed by atoms with E-state index in [1.54, 1.807) is 0 Å². The van der Waals surface area contributed by atoms with E-state index in [1.165, 1.54) is 0 Å². The summed E-state index contributed by atoms with van der Waals surface area (Å²) in [5.41, 5.74) is 0. The quantitative estimate of drug-likeness (QED) is 0.190. The second kappa shape index (κ2) is 9.94. The van der Waals surface area contributed by atoms with Crippen LogP contribution in [0.2, 0.25) is 0 Å². The number of halogens is 6. The highest BCUT2D eigenvalue weighted by Gasteiger charge is 2.28. The first-order chi connectivity index (χ1) is 13.2. The molecular formula is C18H9Br6O2PS. The highest BCUT2D eigenvalue weighted by molar-refractivity contribution is 9.15. The molecule has 0 spiro atoms. The van der Waals surface area contributed by atoms with Crippen molar-refractivity contribution in [3.8, 4) is 11.5 Å². The summed E-state index contributed by atoms with van der Waals surface area (Å²) in [6, 6.07) is 17.1. The van der Waals surface area contributed by atoms with Gasteiger partial charge in [-0.3, -0.25) is 0 Å². The van der Waals surface area contributed by atoms with Crippen molar-refractivity contribution in [2.75, 3.05) is 0 Å². The van der Waals surface area contributed by atoms with Crippen molar-refractivity contribution in [1.29, 1.82) is 0 Å². The van der Waals surface area contributed by atoms with Gasteiger partial charge in [0.1, 0.15) is 11.5 Å². The zero-order valence-electron chi connectivity index (χ0n) is 13.6. The Labute approximate surface area is 218 Å². The Morgan fingerprint density at radius 1 is 0.571 bits per heavy atom. The van der Waals surface area contributed by atoms with Crippen LogP contribution >= 0.6 is 102 Å². The van der Waals surface area contributed by atoms with Crippen molar-refractivity contribution in [1.82, 2.24) is 0 Å². The Balaban J connectivity index is 2.09. The summed E-state index contributed by atoms with van der Waals surface area (Å²) >= 11 is 27.2. The molecule has 0 atom stereocenters. The first kappa shape index (κ1) is 23.5. The largest absolute Gasteiger partial charge is 0.431 e. The third-order valence-electron chi connectivity index (χ3n) is 3.51. The van der Waals surface area contributed by atoms with E-state index in [0.29, 0.717) is 11.5 Å². The highest BCUT2D eigenvalue weighted by atomic mass is 79.9. The van der Waals surface area contributed by atoms with Gasteiger partial charge < -0.3 is 9.05 Å². The van der Waals surface area contributed by atoms with Crippen LogP contribution in [0.3, 0.4) is 0 Å². The molecule has 0 amide bonds. The monoisotopic (exact) mass is 794 g/mol. The molecule has 3 aromatic carbocycles. The summed E-state index contributed by atoms with van der Waals surface area (Å²) in [4.78, 5) is 0. The van der Waals surface area contributed by atoms with E-state index in [0.717, 1.165) is 32.1 Å². The van der Waals surface area contributed by atoms with Crippen LogP contribution in [0.25, 0.3) is 0 Å². The molecule has 3 aromatic rings. The van der Waals surface area contributed by atoms with Gasteiger partial charge in [-0.25, -0.2) is 0 Å². The predicted octanol–water partition coefficient (Wildman–Crippen LogP) is 9.35. The van der Waals surface area contributed by atoms with Crippen LogP contribution in [0.1, 0.15) is 0 Å². The molecule has 0 aliphatic rings. The number of rotatable bonds is 5. The molecule has 0 aliphatic heterocycles. The van der Waals surface area contributed by atoms with Gasteiger partial charge in [0.2, 0.25) is 0 Å². The molecule has 0 aliphatic carbocycles. The molecule has 0 unspecified atom stereocenters. The number of benzene rings is 3. The Morgan fingerprint density at radius 3 is 1.43 bits per heavy atom. The molecule has 0 bridgehead atoms. The van der Waals surface area contributed by atoms with Gasteiger partial charge in [-0.2, -0.15) is 0 Å². The van der Waals surface area contributed by atoms with E-state index in [9.17, 15) is 0 Å². The second-order valence-corrected chi connectivity index (χ2v) is 13.6. The Morgan fingerprint density at radius 2 is 1.00 bits per heavy atom. The fourth-order valence-corrected chi connectivity index (χ4v) is 7.56. The van der Waals surface area contributed by atoms with Crippen molar-refractivity contribution < 1.29 is 9.05 Å². The normalized spacial score (nSPS) is 11.4. The molecule has 0 aromatic heterocycles. The predicted molar refractivity (Wildman–Crippen MR) is 141 cm³/mol. The fourth-order valence-electron chi connectivity index (χ4n) is 2.15. The molecule has 146 valence electrons. The van der Waals surface area contributed by atoms with Crippen molar-refractivity contribution in [3.05, 3.63) is 81.4 Å². The summed E-state index contributed by atoms with van der Waals surface area (Å²) in [6.45, 7) is -2.94. The van der Waals surface area contributed by atoms with E-state index in [2.05, 4.69) is 95.6 Å². The minimum absolute atomic E-state index is 0.592. The summed E-state index contributed by atoms with van der Waals surface area (Å²) in [7, 11) is 0. The first-order valence-electron chi connectivity index (χ1n) is 7.55. The molecule has 0 saturated heterocycles. The van der Waals surface area contributed by atoms with Gasteiger partial charge in [-0.1, -0.05) is 18.2 Å². The standard InChI is InChI=1S/C18H9Br6O2PS/c19-11-6-8-13(17(23)15(11)21)25-27(28,10-4-2-1-3-5-10)26-14-9-7-12(20)16(22)18(14)24/h1-9H. The molecule has 0 saturated carbocycles. The minimum Gasteiger partial charge on any atom is -0.431 e. The van der Waals surface area contributed by atoms with Crippen LogP contribution < -0.4 is 14.4 Å². The van der Waals surface area contributed by atoms with Gasteiger partial charge in [-0.15, -0.1) is 0 Å². The molecule has 0 fully saturated rings. The lowest BCUT2D eigenvalue weighted by Gasteiger charge is -2.25. The maximum Gasteiger partial charge on any atom is 0.319 e. The van der Waals surface area contributed by atoms with Crippen LogP contribution in [0.4, 0.5) is 0 Å². The van der Waals surface area contributed by atoms with Gasteiger partial charge in [0.05, 0.1) is 14.2 Å². The van der Waals surface area contributed by atoms with Crippen molar-refractivity contribution >= 4 is 119 Å². The first-order valence-corrected chi connectivity index (χ1v) is 14.9. The van der Waals surface area contributed by atoms with Gasteiger partial charge in [0, 0.05) is 17.9 Å². The molecule has 3 rings (SSSR count). The maximum absolute atomic E-state index is 6.34. The second-order valence-electron chi connectivity index (χ2n) is 5.36. The zero-order chi connectivity index (χ0) is 20.5. The molecule has 0 heterocycles. The molecule has 0 N–H and O–H groups in total. The SMILES string of the molecule is S=P(Oc1ccc(Br)c(Br)c1Br)(Oc1ccc(Br)c(Br)c1Br)c1ccccc1. The third-order valence-corrected chi connectivity index (χ3v) is 13.1. The molecule has 0 radical (unpaired) electrons. The third kappa shape index (κ3) is 5.16. The molecular weight excluding hydrogens is 791 g/mol. The smallest absolute Gasteiger partial charge is 0.319 e. The molecule has 28 heavy (non-hydrogen) atoms. The van der Waals surface area contributed by atoms with E-state index >= 15 is 0 Å². The van der Waals surface area contributed by atoms with E-state index in [1.807, 2.05) is 54.6 Å². The molecule has 2 nitrogen and oxygen atoms in total. The van der Waals surface area contributed by atoms with Gasteiger partial charge in [0.15, 0.2) is 0 Å². The lowest BCUT2D eigenvalue weighted by Crippen LogP contribution is -2.14. The minimum atomic E-state index is -2.94. The van der Waals surface area contributed by atoms with Crippen LogP contribution in [0.5, 0.6) is 11.5 Å². The van der Waals surface area contributed by atoms with Gasteiger partial charge >= 0.3 is 6.49 Å². The fraction of sp³-hybridized carbons (Fsp3) is 0. The Hall–Kier alpha value is 0.790. The van der Waals surface area contributed by atoms with E-state index < -0.39 is 6.49 Å². The van der Waals surface area contributed by atoms with Gasteiger partial charge in [0.25, 0.3) is 0 Å². The van der Waals surface area contributed by atoms with Crippen molar-refractivity contribution in [2.45, 2.75) is 0 Å². The van der Waals surface area contributed by atoms with Crippen LogP contribution in [-0.2, 0) is 11.8 Å². The summed E-state index contributed by atoms with van der Waals surface area (Å²) in [5.74, 6) is 1.18. The van der Waals surface area contributed by atoms with Crippen LogP contribution in [0, 0.1) is 0 Å². The van der Waals surface area contributed by atoms with E-state index in [4.69, 9.17) is 20.9 Å². The number of hydrogen-bond donors (Lipinski definition) is 0.